The van der Waals surface area contributed by atoms with E-state index in [0.717, 1.165) is 5.56 Å². The van der Waals surface area contributed by atoms with Gasteiger partial charge >= 0.3 is 0 Å². The van der Waals surface area contributed by atoms with Crippen molar-refractivity contribution in [2.24, 2.45) is 0 Å². The molecule has 2 aliphatic carbocycles. The lowest BCUT2D eigenvalue weighted by Gasteiger charge is -2.45. The normalized spacial score (nSPS) is 41.9. The molecular weight excluding hydrogens is 363 g/mol. The first kappa shape index (κ1) is 18.9. The first-order valence-electron chi connectivity index (χ1n) is 8.07. The Morgan fingerprint density at radius 3 is 2.28 bits per heavy atom. The predicted molar refractivity (Wildman–Crippen MR) is 97.1 cm³/mol. The van der Waals surface area contributed by atoms with Crippen molar-refractivity contribution < 1.29 is 19.4 Å². The van der Waals surface area contributed by atoms with Crippen LogP contribution in [0.3, 0.4) is 0 Å². The number of aliphatic hydroxyl groups is 1. The predicted octanol–water partition coefficient (Wildman–Crippen LogP) is 3.18. The number of rotatable bonds is 5. The Morgan fingerprint density at radius 2 is 1.80 bits per heavy atom. The lowest BCUT2D eigenvalue weighted by Crippen LogP contribution is -2.61. The van der Waals surface area contributed by atoms with Crippen LogP contribution in [0.15, 0.2) is 43.0 Å². The Bertz CT molecular complexity index is 719. The summed E-state index contributed by atoms with van der Waals surface area (Å²) >= 11 is 14.0. The second kappa shape index (κ2) is 5.54. The average Bonchev–Trinajstić information content (AvgIpc) is 2.84. The Hall–Kier alpha value is -0.910. The molecule has 0 spiro atoms. The van der Waals surface area contributed by atoms with Crippen molar-refractivity contribution >= 4 is 29.0 Å². The zero-order valence-electron chi connectivity index (χ0n) is 14.5. The summed E-state index contributed by atoms with van der Waals surface area (Å²) < 4.78 is 11.3. The van der Waals surface area contributed by atoms with E-state index in [1.807, 2.05) is 37.3 Å². The van der Waals surface area contributed by atoms with Gasteiger partial charge in [0.15, 0.2) is 16.3 Å². The van der Waals surface area contributed by atoms with E-state index in [-0.39, 0.29) is 12.8 Å². The number of Topliss-reactive ketones (excluding diaryl/α,β-unsaturated/α-hetero) is 1. The minimum atomic E-state index is -1.93. The Balaban J connectivity index is 2.34. The zero-order valence-corrected chi connectivity index (χ0v) is 16.0. The summed E-state index contributed by atoms with van der Waals surface area (Å²) in [6, 6.07) is 9.40. The van der Waals surface area contributed by atoms with Crippen LogP contribution < -0.4 is 0 Å². The molecule has 0 aliphatic heterocycles. The van der Waals surface area contributed by atoms with Gasteiger partial charge in [-0.25, -0.2) is 0 Å². The number of halogens is 2. The highest BCUT2D eigenvalue weighted by atomic mass is 35.5. The number of benzene rings is 1. The second-order valence-electron chi connectivity index (χ2n) is 7.04. The Labute approximate surface area is 157 Å². The van der Waals surface area contributed by atoms with Crippen LogP contribution in [-0.2, 0) is 19.7 Å². The van der Waals surface area contributed by atoms with Crippen LogP contribution in [-0.4, -0.2) is 46.2 Å². The number of carbonyl (C=O) groups is 1. The fourth-order valence-corrected chi connectivity index (χ4v) is 6.33. The molecule has 0 heterocycles. The zero-order chi connectivity index (χ0) is 18.7. The quantitative estimate of drug-likeness (QED) is 0.481. The summed E-state index contributed by atoms with van der Waals surface area (Å²) in [5, 5.41) is 11.3. The molecule has 0 radical (unpaired) electrons. The molecule has 25 heavy (non-hydrogen) atoms. The van der Waals surface area contributed by atoms with E-state index < -0.39 is 32.3 Å². The van der Waals surface area contributed by atoms with Gasteiger partial charge in [-0.2, -0.15) is 0 Å². The molecule has 2 bridgehead atoms. The monoisotopic (exact) mass is 384 g/mol. The molecule has 1 aromatic carbocycles. The molecule has 136 valence electrons. The van der Waals surface area contributed by atoms with Crippen molar-refractivity contribution in [2.75, 3.05) is 14.2 Å². The first-order valence-corrected chi connectivity index (χ1v) is 8.82. The number of ketones is 1. The number of fused-ring (bicyclic) bond motifs is 2. The SMILES string of the molecule is C=CC[C@]1(O)C(=O)[C@@]2(Cl)C(OC)(OC)[C@]1(Cl)C[C@@]2(C)c1ccccc1. The third-order valence-corrected chi connectivity index (χ3v) is 7.63. The van der Waals surface area contributed by atoms with Crippen molar-refractivity contribution in [1.29, 1.82) is 0 Å². The summed E-state index contributed by atoms with van der Waals surface area (Å²) in [4.78, 5) is 10.2. The van der Waals surface area contributed by atoms with Crippen LogP contribution in [0.1, 0.15) is 25.3 Å². The molecular formula is C19H22Cl2O4. The van der Waals surface area contributed by atoms with Gasteiger partial charge in [-0.15, -0.1) is 29.8 Å². The lowest BCUT2D eigenvalue weighted by atomic mass is 9.64. The van der Waals surface area contributed by atoms with Gasteiger partial charge in [0.05, 0.1) is 0 Å². The largest absolute Gasteiger partial charge is 0.380 e. The second-order valence-corrected chi connectivity index (χ2v) is 8.25. The van der Waals surface area contributed by atoms with E-state index in [1.165, 1.54) is 20.3 Å². The molecule has 1 aromatic rings. The number of hydrogen-bond acceptors (Lipinski definition) is 4. The highest BCUT2D eigenvalue weighted by Gasteiger charge is 2.93. The molecule has 2 fully saturated rings. The third kappa shape index (κ3) is 1.73. The molecule has 0 unspecified atom stereocenters. The van der Waals surface area contributed by atoms with Crippen LogP contribution >= 0.6 is 23.2 Å². The van der Waals surface area contributed by atoms with Gasteiger partial charge in [-0.05, 0) is 12.0 Å². The van der Waals surface area contributed by atoms with Gasteiger partial charge in [-0.3, -0.25) is 4.79 Å². The Kier molecular flexibility index (Phi) is 4.18. The summed E-state index contributed by atoms with van der Waals surface area (Å²) in [5.74, 6) is -2.29. The highest BCUT2D eigenvalue weighted by molar-refractivity contribution is 6.45. The number of alkyl halides is 2. The molecule has 6 heteroatoms. The minimum absolute atomic E-state index is 0.0385. The maximum Gasteiger partial charge on any atom is 0.218 e. The smallest absolute Gasteiger partial charge is 0.218 e. The molecule has 4 atom stereocenters. The van der Waals surface area contributed by atoms with Crippen LogP contribution in [0.4, 0.5) is 0 Å². The van der Waals surface area contributed by atoms with E-state index in [1.54, 1.807) is 0 Å². The van der Waals surface area contributed by atoms with Gasteiger partial charge in [0.2, 0.25) is 5.79 Å². The number of hydrogen-bond donors (Lipinski definition) is 1. The molecule has 3 rings (SSSR count). The first-order chi connectivity index (χ1) is 11.6. The van der Waals surface area contributed by atoms with Crippen molar-refractivity contribution in [1.82, 2.24) is 0 Å². The van der Waals surface area contributed by atoms with Gasteiger partial charge < -0.3 is 14.6 Å². The third-order valence-electron chi connectivity index (χ3n) is 6.10. The van der Waals surface area contributed by atoms with Gasteiger partial charge in [0.25, 0.3) is 0 Å². The maximum atomic E-state index is 13.5. The standard InChI is InChI=1S/C19H22Cl2O4/c1-5-11-16(23)14(22)18(21)15(2,13-9-7-6-8-10-13)12-17(16,20)19(18,24-3)25-4/h5-10,23H,1,11-12H2,2-4H3/t15-,16-,17-,18-/m0/s1. The fourth-order valence-electron chi connectivity index (χ4n) is 4.90. The van der Waals surface area contributed by atoms with E-state index in [4.69, 9.17) is 32.7 Å². The van der Waals surface area contributed by atoms with E-state index in [9.17, 15) is 9.90 Å². The van der Waals surface area contributed by atoms with Crippen molar-refractivity contribution in [3.05, 3.63) is 48.6 Å². The van der Waals surface area contributed by atoms with E-state index >= 15 is 0 Å². The number of ether oxygens (including phenoxy) is 2. The molecule has 2 saturated carbocycles. The van der Waals surface area contributed by atoms with Crippen molar-refractivity contribution in [3.8, 4) is 0 Å². The highest BCUT2D eigenvalue weighted by Crippen LogP contribution is 2.74. The van der Waals surface area contributed by atoms with Gasteiger partial charge in [0, 0.05) is 26.1 Å². The van der Waals surface area contributed by atoms with Crippen LogP contribution in [0.2, 0.25) is 0 Å². The number of carbonyl (C=O) groups excluding carboxylic acids is 1. The van der Waals surface area contributed by atoms with Gasteiger partial charge in [-0.1, -0.05) is 43.3 Å². The van der Waals surface area contributed by atoms with Crippen molar-refractivity contribution in [2.45, 2.75) is 46.3 Å². The summed E-state index contributed by atoms with van der Waals surface area (Å²) in [5.41, 5.74) is -1.99. The minimum Gasteiger partial charge on any atom is -0.380 e. The maximum absolute atomic E-state index is 13.5. The van der Waals surface area contributed by atoms with Gasteiger partial charge in [0.1, 0.15) is 4.87 Å². The lowest BCUT2D eigenvalue weighted by molar-refractivity contribution is -0.232. The van der Waals surface area contributed by atoms with Crippen LogP contribution in [0.5, 0.6) is 0 Å². The molecule has 0 amide bonds. The molecule has 2 aliphatic rings. The molecule has 0 saturated heterocycles. The number of methoxy groups -OCH3 is 2. The van der Waals surface area contributed by atoms with Crippen molar-refractivity contribution in [3.63, 3.8) is 0 Å². The van der Waals surface area contributed by atoms with Crippen LogP contribution in [0.25, 0.3) is 0 Å². The fraction of sp³-hybridized carbons (Fsp3) is 0.526. The van der Waals surface area contributed by atoms with E-state index in [0.29, 0.717) is 0 Å². The summed E-state index contributed by atoms with van der Waals surface area (Å²) in [7, 11) is 2.78. The van der Waals surface area contributed by atoms with E-state index in [2.05, 4.69) is 6.58 Å². The molecule has 4 nitrogen and oxygen atoms in total. The average molecular weight is 385 g/mol. The molecule has 0 aromatic heterocycles. The topological polar surface area (TPSA) is 55.8 Å². The molecule has 1 N–H and O–H groups in total. The summed E-state index contributed by atoms with van der Waals surface area (Å²) in [6.45, 7) is 5.50. The van der Waals surface area contributed by atoms with Crippen LogP contribution in [0, 0.1) is 0 Å². The summed E-state index contributed by atoms with van der Waals surface area (Å²) in [6.07, 6.45) is 1.62. The Morgan fingerprint density at radius 1 is 1.24 bits per heavy atom.